The van der Waals surface area contributed by atoms with Crippen LogP contribution in [0.1, 0.15) is 77.0 Å². The van der Waals surface area contributed by atoms with E-state index in [-0.39, 0.29) is 30.5 Å². The molecule has 1 aliphatic rings. The number of methoxy groups -OCH3 is 1. The molecule has 3 aromatic rings. The number of hydrogen-bond donors (Lipinski definition) is 2. The van der Waals surface area contributed by atoms with Gasteiger partial charge in [-0.2, -0.15) is 0 Å². The minimum Gasteiger partial charge on any atom is -0.489 e. The maximum Gasteiger partial charge on any atom is 0.331 e. The summed E-state index contributed by atoms with van der Waals surface area (Å²) in [4.78, 5) is 26.6. The summed E-state index contributed by atoms with van der Waals surface area (Å²) in [6, 6.07) is 15.7. The molecule has 1 fully saturated rings. The van der Waals surface area contributed by atoms with E-state index in [9.17, 15) is 14.4 Å². The van der Waals surface area contributed by atoms with Crippen molar-refractivity contribution >= 4 is 7.60 Å². The lowest BCUT2D eigenvalue weighted by Gasteiger charge is -2.35. The zero-order chi connectivity index (χ0) is 30.8. The third kappa shape index (κ3) is 7.23. The summed E-state index contributed by atoms with van der Waals surface area (Å²) >= 11 is 0. The molecule has 2 N–H and O–H groups in total. The number of benzene rings is 2. The Labute approximate surface area is 249 Å². The number of rotatable bonds is 13. The van der Waals surface area contributed by atoms with Crippen molar-refractivity contribution in [3.63, 3.8) is 0 Å². The Morgan fingerprint density at radius 3 is 2.33 bits per heavy atom. The smallest absolute Gasteiger partial charge is 0.331 e. The molecule has 0 amide bonds. The summed E-state index contributed by atoms with van der Waals surface area (Å²) in [6.45, 7) is 12.8. The van der Waals surface area contributed by atoms with E-state index in [1.165, 1.54) is 13.3 Å². The van der Waals surface area contributed by atoms with Gasteiger partial charge in [-0.1, -0.05) is 30.3 Å². The van der Waals surface area contributed by atoms with Gasteiger partial charge in [-0.3, -0.25) is 9.46 Å². The highest BCUT2D eigenvalue weighted by atomic mass is 31.2. The van der Waals surface area contributed by atoms with E-state index >= 15 is 4.39 Å². The van der Waals surface area contributed by atoms with Crippen LogP contribution in [0.4, 0.5) is 4.39 Å². The van der Waals surface area contributed by atoms with Crippen molar-refractivity contribution in [2.45, 2.75) is 90.7 Å². The van der Waals surface area contributed by atoms with E-state index in [0.717, 1.165) is 35.1 Å². The Morgan fingerprint density at radius 1 is 1.05 bits per heavy atom. The Morgan fingerprint density at radius 2 is 1.74 bits per heavy atom. The fraction of sp³-hybridized carbons (Fsp3) is 0.485. The van der Waals surface area contributed by atoms with Crippen LogP contribution in [0.15, 0.2) is 54.7 Å². The molecule has 1 atom stereocenters. The van der Waals surface area contributed by atoms with Crippen LogP contribution < -0.4 is 9.47 Å². The molecule has 42 heavy (non-hydrogen) atoms. The molecule has 1 aromatic heterocycles. The number of hydrogen-bond acceptors (Lipinski definition) is 5. The van der Waals surface area contributed by atoms with E-state index in [0.29, 0.717) is 23.7 Å². The predicted molar refractivity (Wildman–Crippen MR) is 164 cm³/mol. The van der Waals surface area contributed by atoms with Crippen LogP contribution in [0.25, 0.3) is 11.1 Å². The zero-order valence-electron chi connectivity index (χ0n) is 25.7. The van der Waals surface area contributed by atoms with Crippen LogP contribution in [-0.2, 0) is 17.7 Å². The molecule has 1 unspecified atom stereocenters. The third-order valence-corrected chi connectivity index (χ3v) is 10.2. The average Bonchev–Trinajstić information content (AvgIpc) is 3.75. The molecule has 0 radical (unpaired) electrons. The molecule has 1 heterocycles. The molecule has 9 heteroatoms. The highest BCUT2D eigenvalue weighted by Gasteiger charge is 2.51. The topological polar surface area (TPSA) is 92.1 Å². The highest BCUT2D eigenvalue weighted by Crippen LogP contribution is 2.62. The summed E-state index contributed by atoms with van der Waals surface area (Å²) in [5, 5.41) is -1.16. The fourth-order valence-corrected chi connectivity index (χ4v) is 6.58. The Hall–Kier alpha value is -2.77. The standard InChI is InChI=1S/C33H44FN2O5P/c1-21(2)36(22(3)4)19-26-16-27(13-14-28(26)29-17-31(40-7)35-18-30(29)34)41-20-23-9-8-10-25(15-23)32(24-11-12-24)33(5,6)42(37,38)39/h8-10,13-18,21-22,24,32H,11-12,19-20H2,1-7H3,(H2,37,38,39). The lowest BCUT2D eigenvalue weighted by atomic mass is 9.83. The molecular formula is C33H44FN2O5P. The normalized spacial score (nSPS) is 15.0. The van der Waals surface area contributed by atoms with Crippen molar-refractivity contribution in [1.82, 2.24) is 9.88 Å². The maximum atomic E-state index is 15.0. The summed E-state index contributed by atoms with van der Waals surface area (Å²) in [5.41, 5.74) is 3.94. The first kappa shape index (κ1) is 32.2. The van der Waals surface area contributed by atoms with Gasteiger partial charge in [0.25, 0.3) is 0 Å². The van der Waals surface area contributed by atoms with Gasteiger partial charge in [-0.15, -0.1) is 0 Å². The second kappa shape index (κ2) is 12.8. The third-order valence-electron chi connectivity index (χ3n) is 8.41. The Bertz CT molecular complexity index is 1430. The van der Waals surface area contributed by atoms with Crippen molar-refractivity contribution < 1.29 is 28.2 Å². The SMILES string of the molecule is COc1cc(-c2ccc(OCc3cccc(C(C4CC4)C(C)(C)P(=O)(O)O)c3)cc2CN(C(C)C)C(C)C)c(F)cn1. The molecule has 228 valence electrons. The lowest BCUT2D eigenvalue weighted by molar-refractivity contribution is 0.166. The highest BCUT2D eigenvalue weighted by molar-refractivity contribution is 7.53. The van der Waals surface area contributed by atoms with E-state index in [4.69, 9.17) is 9.47 Å². The van der Waals surface area contributed by atoms with Gasteiger partial charge in [0.15, 0.2) is 0 Å². The van der Waals surface area contributed by atoms with Gasteiger partial charge in [0.05, 0.1) is 18.5 Å². The van der Waals surface area contributed by atoms with Gasteiger partial charge in [0, 0.05) is 36.2 Å². The Kier molecular flexibility index (Phi) is 9.83. The van der Waals surface area contributed by atoms with Gasteiger partial charge in [0.2, 0.25) is 5.88 Å². The first-order chi connectivity index (χ1) is 19.7. The van der Waals surface area contributed by atoms with Crippen molar-refractivity contribution in [3.8, 4) is 22.8 Å². The molecule has 4 rings (SSSR count). The van der Waals surface area contributed by atoms with Gasteiger partial charge >= 0.3 is 7.60 Å². The maximum absolute atomic E-state index is 15.0. The summed E-state index contributed by atoms with van der Waals surface area (Å²) in [5.74, 6) is 0.591. The van der Waals surface area contributed by atoms with Gasteiger partial charge in [0.1, 0.15) is 18.2 Å². The number of halogens is 1. The number of nitrogens with zero attached hydrogens (tertiary/aromatic N) is 2. The second-order valence-corrected chi connectivity index (χ2v) is 14.7. The van der Waals surface area contributed by atoms with E-state index in [2.05, 4.69) is 37.6 Å². The molecule has 0 bridgehead atoms. The molecule has 0 spiro atoms. The molecule has 1 aliphatic carbocycles. The number of ether oxygens (including phenoxy) is 2. The number of pyridine rings is 1. The molecule has 2 aromatic carbocycles. The minimum atomic E-state index is -4.33. The van der Waals surface area contributed by atoms with E-state index < -0.39 is 18.6 Å². The molecule has 0 saturated heterocycles. The van der Waals surface area contributed by atoms with Crippen LogP contribution in [0.3, 0.4) is 0 Å². The van der Waals surface area contributed by atoms with E-state index in [1.54, 1.807) is 19.9 Å². The molecule has 7 nitrogen and oxygen atoms in total. The van der Waals surface area contributed by atoms with Crippen molar-refractivity contribution in [3.05, 3.63) is 77.2 Å². The molecule has 1 saturated carbocycles. The summed E-state index contributed by atoms with van der Waals surface area (Å²) in [7, 11) is -2.82. The second-order valence-electron chi connectivity index (χ2n) is 12.4. The fourth-order valence-electron chi connectivity index (χ4n) is 5.86. The minimum absolute atomic E-state index is 0.241. The lowest BCUT2D eigenvalue weighted by Crippen LogP contribution is -2.36. The monoisotopic (exact) mass is 598 g/mol. The quantitative estimate of drug-likeness (QED) is 0.196. The predicted octanol–water partition coefficient (Wildman–Crippen LogP) is 7.54. The largest absolute Gasteiger partial charge is 0.489 e. The van der Waals surface area contributed by atoms with Gasteiger partial charge in [-0.25, -0.2) is 9.37 Å². The van der Waals surface area contributed by atoms with Crippen LogP contribution in [0, 0.1) is 11.7 Å². The van der Waals surface area contributed by atoms with Gasteiger partial charge < -0.3 is 19.3 Å². The van der Waals surface area contributed by atoms with Crippen molar-refractivity contribution in [1.29, 1.82) is 0 Å². The summed E-state index contributed by atoms with van der Waals surface area (Å²) < 4.78 is 38.9. The molecular weight excluding hydrogens is 554 g/mol. The Balaban J connectivity index is 1.64. The first-order valence-corrected chi connectivity index (χ1v) is 16.2. The first-order valence-electron chi connectivity index (χ1n) is 14.6. The summed E-state index contributed by atoms with van der Waals surface area (Å²) in [6.07, 6.45) is 3.12. The number of aromatic nitrogens is 1. The van der Waals surface area contributed by atoms with Crippen LogP contribution >= 0.6 is 7.60 Å². The van der Waals surface area contributed by atoms with Crippen LogP contribution in [0.5, 0.6) is 11.6 Å². The average molecular weight is 599 g/mol. The van der Waals surface area contributed by atoms with Crippen molar-refractivity contribution in [2.75, 3.05) is 7.11 Å². The van der Waals surface area contributed by atoms with Crippen LogP contribution in [0.2, 0.25) is 0 Å². The van der Waals surface area contributed by atoms with E-state index in [1.807, 2.05) is 42.5 Å². The molecule has 0 aliphatic heterocycles. The van der Waals surface area contributed by atoms with Crippen molar-refractivity contribution in [2.24, 2.45) is 5.92 Å². The van der Waals surface area contributed by atoms with Crippen LogP contribution in [-0.4, -0.2) is 44.0 Å². The zero-order valence-corrected chi connectivity index (χ0v) is 26.6. The van der Waals surface area contributed by atoms with Gasteiger partial charge in [-0.05, 0) is 94.7 Å².